The molecule has 0 saturated heterocycles. The second kappa shape index (κ2) is 8.78. The van der Waals surface area contributed by atoms with E-state index in [9.17, 15) is 9.59 Å². The molecule has 0 atom stereocenters. The largest absolute Gasteiger partial charge is 0.455 e. The highest BCUT2D eigenvalue weighted by atomic mass is 127. The Labute approximate surface area is 187 Å². The van der Waals surface area contributed by atoms with Crippen LogP contribution in [0.3, 0.4) is 0 Å². The summed E-state index contributed by atoms with van der Waals surface area (Å²) in [5, 5.41) is 7.19. The molecule has 1 aliphatic carbocycles. The van der Waals surface area contributed by atoms with Crippen LogP contribution in [0.2, 0.25) is 0 Å². The minimum Gasteiger partial charge on any atom is -0.455 e. The minimum absolute atomic E-state index is 0.270. The van der Waals surface area contributed by atoms with Gasteiger partial charge in [-0.1, -0.05) is 0 Å². The Morgan fingerprint density at radius 2 is 1.93 bits per heavy atom. The van der Waals surface area contributed by atoms with Gasteiger partial charge in [0.05, 0.1) is 11.3 Å². The van der Waals surface area contributed by atoms with E-state index in [1.807, 2.05) is 31.2 Å². The smallest absolute Gasteiger partial charge is 0.291 e. The lowest BCUT2D eigenvalue weighted by Gasteiger charge is -2.13. The van der Waals surface area contributed by atoms with Gasteiger partial charge >= 0.3 is 0 Å². The third-order valence-electron chi connectivity index (χ3n) is 4.85. The van der Waals surface area contributed by atoms with Crippen molar-refractivity contribution < 1.29 is 14.0 Å². The number of halogens is 1. The number of carbonyl (C=O) groups excluding carboxylic acids is 2. The molecule has 0 aliphatic heterocycles. The van der Waals surface area contributed by atoms with Gasteiger partial charge in [-0.25, -0.2) is 5.43 Å². The van der Waals surface area contributed by atoms with Crippen molar-refractivity contribution in [2.75, 3.05) is 5.32 Å². The number of benzene rings is 1. The zero-order valence-corrected chi connectivity index (χ0v) is 18.4. The molecule has 30 heavy (non-hydrogen) atoms. The van der Waals surface area contributed by atoms with Gasteiger partial charge in [0, 0.05) is 39.2 Å². The number of nitrogens with zero attached hydrogens (tertiary/aromatic N) is 2. The standard InChI is InChI=1S/C22H19IN4O3/c1-13-19-17(26-27-21(28)14-4-3-11-24-12-14)5-2-6-18(19)30-20(13)22(29)25-16-9-7-15(23)8-10-16/h3-4,7-12H,2,5-6H2,1H3,(H,25,29)(H,27,28)/b26-17+. The number of amides is 2. The third kappa shape index (κ3) is 4.28. The van der Waals surface area contributed by atoms with E-state index in [0.717, 1.165) is 33.3 Å². The number of pyridine rings is 1. The number of aryl methyl sites for hydroxylation is 1. The number of fused-ring (bicyclic) bond motifs is 1. The van der Waals surface area contributed by atoms with Crippen molar-refractivity contribution >= 4 is 45.8 Å². The number of hydrogen-bond acceptors (Lipinski definition) is 5. The minimum atomic E-state index is -0.333. The number of rotatable bonds is 4. The van der Waals surface area contributed by atoms with Crippen LogP contribution in [0.1, 0.15) is 50.6 Å². The summed E-state index contributed by atoms with van der Waals surface area (Å²) in [4.78, 5) is 29.0. The average Bonchev–Trinajstić information content (AvgIpc) is 3.11. The van der Waals surface area contributed by atoms with Crippen molar-refractivity contribution in [3.8, 4) is 0 Å². The molecule has 1 aliphatic rings. The van der Waals surface area contributed by atoms with E-state index >= 15 is 0 Å². The molecule has 0 fully saturated rings. The summed E-state index contributed by atoms with van der Waals surface area (Å²) >= 11 is 2.21. The number of nitrogens with one attached hydrogen (secondary N) is 2. The molecular weight excluding hydrogens is 495 g/mol. The summed E-state index contributed by atoms with van der Waals surface area (Å²) in [5.41, 5.74) is 5.96. The van der Waals surface area contributed by atoms with Crippen molar-refractivity contribution in [2.24, 2.45) is 5.10 Å². The number of anilines is 1. The van der Waals surface area contributed by atoms with Crippen LogP contribution in [-0.4, -0.2) is 22.5 Å². The van der Waals surface area contributed by atoms with Crippen molar-refractivity contribution in [1.29, 1.82) is 0 Å². The van der Waals surface area contributed by atoms with Crippen molar-refractivity contribution in [3.63, 3.8) is 0 Å². The fourth-order valence-corrected chi connectivity index (χ4v) is 3.76. The quantitative estimate of drug-likeness (QED) is 0.401. The molecule has 0 saturated carbocycles. The van der Waals surface area contributed by atoms with E-state index in [-0.39, 0.29) is 17.6 Å². The van der Waals surface area contributed by atoms with Crippen LogP contribution in [-0.2, 0) is 6.42 Å². The summed E-state index contributed by atoms with van der Waals surface area (Å²) in [5.74, 6) is 0.357. The molecule has 7 nitrogen and oxygen atoms in total. The first-order chi connectivity index (χ1) is 14.5. The summed E-state index contributed by atoms with van der Waals surface area (Å²) in [7, 11) is 0. The highest BCUT2D eigenvalue weighted by Crippen LogP contribution is 2.30. The van der Waals surface area contributed by atoms with E-state index in [2.05, 4.69) is 43.4 Å². The van der Waals surface area contributed by atoms with E-state index in [4.69, 9.17) is 4.42 Å². The lowest BCUT2D eigenvalue weighted by atomic mass is 9.93. The maximum absolute atomic E-state index is 12.8. The topological polar surface area (TPSA) is 96.6 Å². The molecule has 4 rings (SSSR count). The Kier molecular flexibility index (Phi) is 5.93. The van der Waals surface area contributed by atoms with Crippen molar-refractivity contribution in [2.45, 2.75) is 26.2 Å². The van der Waals surface area contributed by atoms with Crippen LogP contribution >= 0.6 is 22.6 Å². The van der Waals surface area contributed by atoms with Crippen molar-refractivity contribution in [1.82, 2.24) is 10.4 Å². The molecule has 8 heteroatoms. The Hall–Kier alpha value is -3.01. The Morgan fingerprint density at radius 1 is 1.13 bits per heavy atom. The number of carbonyl (C=O) groups is 2. The average molecular weight is 514 g/mol. The molecule has 2 aromatic heterocycles. The van der Waals surface area contributed by atoms with Gasteiger partial charge in [-0.15, -0.1) is 0 Å². The first kappa shape index (κ1) is 20.3. The van der Waals surface area contributed by atoms with Gasteiger partial charge in [-0.3, -0.25) is 14.6 Å². The van der Waals surface area contributed by atoms with Crippen LogP contribution in [0, 0.1) is 10.5 Å². The van der Waals surface area contributed by atoms with Crippen LogP contribution in [0.15, 0.2) is 58.3 Å². The summed E-state index contributed by atoms with van der Waals surface area (Å²) < 4.78 is 6.99. The van der Waals surface area contributed by atoms with Gasteiger partial charge in [-0.2, -0.15) is 5.10 Å². The summed E-state index contributed by atoms with van der Waals surface area (Å²) in [6.07, 6.45) is 5.34. The van der Waals surface area contributed by atoms with Gasteiger partial charge in [-0.05, 0) is 78.8 Å². The van der Waals surface area contributed by atoms with Gasteiger partial charge in [0.1, 0.15) is 5.76 Å². The predicted octanol–water partition coefficient (Wildman–Crippen LogP) is 4.31. The van der Waals surface area contributed by atoms with Gasteiger partial charge < -0.3 is 9.73 Å². The lowest BCUT2D eigenvalue weighted by Crippen LogP contribution is -2.22. The summed E-state index contributed by atoms with van der Waals surface area (Å²) in [6.45, 7) is 1.84. The second-order valence-electron chi connectivity index (χ2n) is 6.91. The van der Waals surface area contributed by atoms with E-state index in [1.54, 1.807) is 18.3 Å². The maximum Gasteiger partial charge on any atom is 0.291 e. The van der Waals surface area contributed by atoms with Crippen molar-refractivity contribution in [3.05, 3.63) is 80.6 Å². The predicted molar refractivity (Wildman–Crippen MR) is 122 cm³/mol. The zero-order valence-electron chi connectivity index (χ0n) is 16.2. The molecule has 0 radical (unpaired) electrons. The number of hydrogen-bond donors (Lipinski definition) is 2. The number of furan rings is 1. The molecule has 2 heterocycles. The zero-order chi connectivity index (χ0) is 21.1. The van der Waals surface area contributed by atoms with E-state index in [0.29, 0.717) is 23.4 Å². The maximum atomic E-state index is 12.8. The Morgan fingerprint density at radius 3 is 2.67 bits per heavy atom. The van der Waals surface area contributed by atoms with E-state index in [1.165, 1.54) is 6.20 Å². The van der Waals surface area contributed by atoms with Crippen LogP contribution in [0.25, 0.3) is 0 Å². The molecular formula is C22H19IN4O3. The number of aromatic nitrogens is 1. The molecule has 2 N–H and O–H groups in total. The molecule has 0 unspecified atom stereocenters. The highest BCUT2D eigenvalue weighted by Gasteiger charge is 2.28. The molecule has 0 bridgehead atoms. The highest BCUT2D eigenvalue weighted by molar-refractivity contribution is 14.1. The molecule has 3 aromatic rings. The lowest BCUT2D eigenvalue weighted by molar-refractivity contribution is 0.0953. The van der Waals surface area contributed by atoms with Crippen LogP contribution in [0.5, 0.6) is 0 Å². The SMILES string of the molecule is Cc1c(C(=O)Nc2ccc(I)cc2)oc2c1/C(=N/NC(=O)c1cccnc1)CCC2. The first-order valence-corrected chi connectivity index (χ1v) is 10.6. The van der Waals surface area contributed by atoms with Crippen LogP contribution < -0.4 is 10.7 Å². The fourth-order valence-electron chi connectivity index (χ4n) is 3.40. The molecule has 0 spiro atoms. The van der Waals surface area contributed by atoms with Gasteiger partial charge in [0.25, 0.3) is 11.8 Å². The van der Waals surface area contributed by atoms with E-state index < -0.39 is 0 Å². The first-order valence-electron chi connectivity index (χ1n) is 9.49. The Balaban J connectivity index is 1.56. The molecule has 2 amide bonds. The molecule has 152 valence electrons. The number of hydrazone groups is 1. The monoisotopic (exact) mass is 514 g/mol. The molecule has 1 aromatic carbocycles. The van der Waals surface area contributed by atoms with Gasteiger partial charge in [0.2, 0.25) is 0 Å². The third-order valence-corrected chi connectivity index (χ3v) is 5.57. The van der Waals surface area contributed by atoms with Crippen LogP contribution in [0.4, 0.5) is 5.69 Å². The van der Waals surface area contributed by atoms with Gasteiger partial charge in [0.15, 0.2) is 5.76 Å². The normalized spacial score (nSPS) is 14.3. The Bertz CT molecular complexity index is 1120. The second-order valence-corrected chi connectivity index (χ2v) is 8.16. The summed E-state index contributed by atoms with van der Waals surface area (Å²) in [6, 6.07) is 10.9. The fraction of sp³-hybridized carbons (Fsp3) is 0.182.